The molecule has 0 aliphatic carbocycles. The van der Waals surface area contributed by atoms with Crippen LogP contribution in [0.5, 0.6) is 0 Å². The average Bonchev–Trinajstić information content (AvgIpc) is 3.27. The number of aliphatic hydroxyl groups is 1. The van der Waals surface area contributed by atoms with Gasteiger partial charge < -0.3 is 24.4 Å². The minimum atomic E-state index is -0.672. The fraction of sp³-hybridized carbons (Fsp3) is 0.588. The molecule has 0 amide bonds. The molecule has 1 aromatic carbocycles. The van der Waals surface area contributed by atoms with E-state index in [-0.39, 0.29) is 41.6 Å². The summed E-state index contributed by atoms with van der Waals surface area (Å²) in [6, 6.07) is 8.86. The Morgan fingerprint density at radius 3 is 2.52 bits per heavy atom. The van der Waals surface area contributed by atoms with Gasteiger partial charge in [-0.1, -0.05) is 30.3 Å². The Balaban J connectivity index is 1.44. The van der Waals surface area contributed by atoms with Crippen molar-refractivity contribution in [3.05, 3.63) is 41.1 Å². The van der Waals surface area contributed by atoms with Gasteiger partial charge in [0, 0.05) is 12.8 Å². The van der Waals surface area contributed by atoms with E-state index >= 15 is 0 Å². The van der Waals surface area contributed by atoms with Gasteiger partial charge in [0.25, 0.3) is 0 Å². The van der Waals surface area contributed by atoms with Crippen LogP contribution in [0.4, 0.5) is 0 Å². The first-order valence-electron chi connectivity index (χ1n) is 8.11. The SMILES string of the molecule is C[N+]1([O-])[C@@H]2CC(OC(=O)[C@H](CO)c3ccccc3)C[C@@H]1[C@H]1O[C@H]12. The van der Waals surface area contributed by atoms with Crippen LogP contribution in [0.25, 0.3) is 0 Å². The molecule has 23 heavy (non-hydrogen) atoms. The first-order chi connectivity index (χ1) is 11.0. The molecular weight excluding hydrogens is 298 g/mol. The van der Waals surface area contributed by atoms with Crippen LogP contribution in [0.2, 0.25) is 0 Å². The number of hydroxylamine groups is 3. The number of nitrogens with zero attached hydrogens (tertiary/aromatic N) is 1. The van der Waals surface area contributed by atoms with Gasteiger partial charge in [-0.05, 0) is 5.56 Å². The normalized spacial score (nSPS) is 42.0. The van der Waals surface area contributed by atoms with Crippen molar-refractivity contribution in [1.29, 1.82) is 0 Å². The first kappa shape index (κ1) is 15.1. The number of morpholine rings is 1. The molecule has 2 unspecified atom stereocenters. The number of epoxide rings is 1. The van der Waals surface area contributed by atoms with Crippen LogP contribution in [-0.2, 0) is 14.3 Å². The summed E-state index contributed by atoms with van der Waals surface area (Å²) in [6.07, 6.45) is 0.891. The second-order valence-electron chi connectivity index (χ2n) is 6.94. The van der Waals surface area contributed by atoms with Crippen LogP contribution in [-0.4, -0.2) is 59.8 Å². The molecule has 3 saturated heterocycles. The van der Waals surface area contributed by atoms with Gasteiger partial charge in [0.15, 0.2) is 0 Å². The monoisotopic (exact) mass is 319 g/mol. The molecule has 124 valence electrons. The number of hydrogen-bond donors (Lipinski definition) is 1. The molecule has 0 aromatic heterocycles. The van der Waals surface area contributed by atoms with E-state index in [0.29, 0.717) is 12.8 Å². The molecule has 0 spiro atoms. The predicted molar refractivity (Wildman–Crippen MR) is 81.2 cm³/mol. The molecule has 7 atom stereocenters. The van der Waals surface area contributed by atoms with Crippen molar-refractivity contribution in [2.45, 2.75) is 49.2 Å². The lowest BCUT2D eigenvalue weighted by atomic mass is 9.97. The van der Waals surface area contributed by atoms with E-state index < -0.39 is 11.9 Å². The maximum atomic E-state index is 12.6. The smallest absolute Gasteiger partial charge is 0.316 e. The summed E-state index contributed by atoms with van der Waals surface area (Å²) in [7, 11) is 1.70. The van der Waals surface area contributed by atoms with Gasteiger partial charge in [0.1, 0.15) is 36.3 Å². The van der Waals surface area contributed by atoms with Crippen LogP contribution in [0.3, 0.4) is 0 Å². The predicted octanol–water partition coefficient (Wildman–Crippen LogP) is 0.931. The Labute approximate surface area is 134 Å². The second kappa shape index (κ2) is 5.27. The Bertz CT molecular complexity index is 584. The molecule has 2 bridgehead atoms. The molecule has 3 aliphatic heterocycles. The molecule has 3 heterocycles. The van der Waals surface area contributed by atoms with Crippen molar-refractivity contribution in [2.24, 2.45) is 0 Å². The molecule has 6 heteroatoms. The quantitative estimate of drug-likeness (QED) is 0.386. The Morgan fingerprint density at radius 1 is 1.35 bits per heavy atom. The van der Waals surface area contributed by atoms with Crippen LogP contribution < -0.4 is 0 Å². The van der Waals surface area contributed by atoms with E-state index in [2.05, 4.69) is 0 Å². The van der Waals surface area contributed by atoms with Gasteiger partial charge >= 0.3 is 5.97 Å². The van der Waals surface area contributed by atoms with Crippen LogP contribution in [0, 0.1) is 5.21 Å². The summed E-state index contributed by atoms with van der Waals surface area (Å²) >= 11 is 0. The average molecular weight is 319 g/mol. The highest BCUT2D eigenvalue weighted by Crippen LogP contribution is 2.52. The zero-order valence-corrected chi connectivity index (χ0v) is 13.0. The van der Waals surface area contributed by atoms with E-state index in [1.807, 2.05) is 18.2 Å². The summed E-state index contributed by atoms with van der Waals surface area (Å²) in [5.41, 5.74) is 0.745. The lowest BCUT2D eigenvalue weighted by molar-refractivity contribution is -0.911. The summed E-state index contributed by atoms with van der Waals surface area (Å²) in [4.78, 5) is 12.4. The highest BCUT2D eigenvalue weighted by molar-refractivity contribution is 5.78. The Hall–Kier alpha value is -1.47. The van der Waals surface area contributed by atoms with Gasteiger partial charge in [0.05, 0.1) is 13.7 Å². The molecule has 1 N–H and O–H groups in total. The van der Waals surface area contributed by atoms with Crippen LogP contribution in [0.1, 0.15) is 24.3 Å². The standard InChI is InChI=1S/C17H21NO5/c1-18(21)13-7-11(8-14(18)16-15(13)23-16)22-17(20)12(9-19)10-5-3-2-4-6-10/h2-6,11-16,19H,7-9H2,1H3/t11?,12-,13-,14-,15-,16+,18?/m1/s1. The Kier molecular flexibility index (Phi) is 3.46. The van der Waals surface area contributed by atoms with Crippen molar-refractivity contribution in [3.8, 4) is 0 Å². The number of quaternary nitrogens is 1. The number of carbonyl (C=O) groups excluding carboxylic acids is 1. The lowest BCUT2D eigenvalue weighted by Crippen LogP contribution is -2.58. The van der Waals surface area contributed by atoms with Crippen LogP contribution >= 0.6 is 0 Å². The molecule has 6 nitrogen and oxygen atoms in total. The number of rotatable bonds is 4. The largest absolute Gasteiger partial charge is 0.632 e. The minimum absolute atomic E-state index is 0.0361. The maximum Gasteiger partial charge on any atom is 0.316 e. The molecular formula is C17H21NO5. The van der Waals surface area contributed by atoms with Gasteiger partial charge in [-0.15, -0.1) is 0 Å². The topological polar surface area (TPSA) is 82.1 Å². The van der Waals surface area contributed by atoms with Gasteiger partial charge in [-0.25, -0.2) is 0 Å². The van der Waals surface area contributed by atoms with Crippen LogP contribution in [0.15, 0.2) is 30.3 Å². The van der Waals surface area contributed by atoms with Gasteiger partial charge in [-0.3, -0.25) is 4.79 Å². The van der Waals surface area contributed by atoms with Gasteiger partial charge in [-0.2, -0.15) is 0 Å². The third-order valence-corrected chi connectivity index (χ3v) is 5.60. The number of piperidine rings is 1. The molecule has 4 rings (SSSR count). The van der Waals surface area contributed by atoms with Crippen molar-refractivity contribution in [2.75, 3.05) is 13.7 Å². The molecule has 0 radical (unpaired) electrons. The second-order valence-corrected chi connectivity index (χ2v) is 6.94. The zero-order valence-electron chi connectivity index (χ0n) is 13.0. The first-order valence-corrected chi connectivity index (χ1v) is 8.11. The molecule has 3 aliphatic rings. The fourth-order valence-corrected chi connectivity index (χ4v) is 4.25. The zero-order chi connectivity index (χ0) is 16.2. The molecule has 0 saturated carbocycles. The van der Waals surface area contributed by atoms with E-state index in [1.54, 1.807) is 19.2 Å². The minimum Gasteiger partial charge on any atom is -0.632 e. The number of likely N-dealkylation sites (N-methyl/N-ethyl adjacent to an activating group) is 1. The molecule has 3 fully saturated rings. The van der Waals surface area contributed by atoms with E-state index in [4.69, 9.17) is 9.47 Å². The van der Waals surface area contributed by atoms with E-state index in [1.165, 1.54) is 0 Å². The Morgan fingerprint density at radius 2 is 1.96 bits per heavy atom. The van der Waals surface area contributed by atoms with Crippen molar-refractivity contribution >= 4 is 5.97 Å². The number of aliphatic hydroxyl groups excluding tert-OH is 1. The summed E-state index contributed by atoms with van der Waals surface area (Å²) in [6.45, 7) is -0.286. The number of hydrogen-bond acceptors (Lipinski definition) is 5. The summed E-state index contributed by atoms with van der Waals surface area (Å²) in [5.74, 6) is -1.09. The van der Waals surface area contributed by atoms with Crippen molar-refractivity contribution in [3.63, 3.8) is 0 Å². The van der Waals surface area contributed by atoms with Crippen molar-refractivity contribution < 1.29 is 24.0 Å². The number of benzene rings is 1. The van der Waals surface area contributed by atoms with Gasteiger partial charge in [0.2, 0.25) is 0 Å². The van der Waals surface area contributed by atoms with E-state index in [0.717, 1.165) is 5.56 Å². The summed E-state index contributed by atoms with van der Waals surface area (Å²) in [5, 5.41) is 22.2. The fourth-order valence-electron chi connectivity index (χ4n) is 4.25. The molecule has 1 aromatic rings. The maximum absolute atomic E-state index is 12.6. The number of ether oxygens (including phenoxy) is 2. The van der Waals surface area contributed by atoms with E-state index in [9.17, 15) is 15.1 Å². The van der Waals surface area contributed by atoms with Crippen molar-refractivity contribution in [1.82, 2.24) is 0 Å². The lowest BCUT2D eigenvalue weighted by Gasteiger charge is -2.51. The third-order valence-electron chi connectivity index (χ3n) is 5.60. The number of esters is 1. The summed E-state index contributed by atoms with van der Waals surface area (Å²) < 4.78 is 10.9. The highest BCUT2D eigenvalue weighted by Gasteiger charge is 2.69. The number of fused-ring (bicyclic) bond motifs is 5. The highest BCUT2D eigenvalue weighted by atomic mass is 16.6. The number of carbonyl (C=O) groups is 1. The third kappa shape index (κ3) is 2.37.